The van der Waals surface area contributed by atoms with Gasteiger partial charge in [-0.2, -0.15) is 0 Å². The fourth-order valence-electron chi connectivity index (χ4n) is 1.73. The van der Waals surface area contributed by atoms with E-state index >= 15 is 0 Å². The summed E-state index contributed by atoms with van der Waals surface area (Å²) in [6.07, 6.45) is 2.38. The summed E-state index contributed by atoms with van der Waals surface area (Å²) in [6.45, 7) is 1.85. The lowest BCUT2D eigenvalue weighted by molar-refractivity contribution is 0.314. The van der Waals surface area contributed by atoms with Crippen LogP contribution in [0.15, 0.2) is 18.2 Å². The predicted molar refractivity (Wildman–Crippen MR) is 53.5 cm³/mol. The number of benzene rings is 1. The van der Waals surface area contributed by atoms with Crippen molar-refractivity contribution in [1.29, 1.82) is 0 Å². The van der Waals surface area contributed by atoms with E-state index in [1.54, 1.807) is 0 Å². The van der Waals surface area contributed by atoms with Crippen LogP contribution in [0.3, 0.4) is 0 Å². The Morgan fingerprint density at radius 2 is 2.21 bits per heavy atom. The van der Waals surface area contributed by atoms with E-state index in [0.717, 1.165) is 11.5 Å². The number of aliphatic hydroxyl groups is 1. The van der Waals surface area contributed by atoms with Gasteiger partial charge in [-0.05, 0) is 42.0 Å². The standard InChI is InChI=1S/C12H14FO/c1-8(7-14)12-6-10(13)4-5-11(12)9-2-3-9/h4-6,9,14H,2-3,7H2,1H3. The highest BCUT2D eigenvalue weighted by Crippen LogP contribution is 2.43. The van der Waals surface area contributed by atoms with Crippen LogP contribution in [0, 0.1) is 11.7 Å². The first kappa shape index (κ1) is 9.66. The van der Waals surface area contributed by atoms with Crippen molar-refractivity contribution in [3.8, 4) is 0 Å². The number of aliphatic hydroxyl groups excluding tert-OH is 1. The highest BCUT2D eigenvalue weighted by molar-refractivity contribution is 5.42. The van der Waals surface area contributed by atoms with E-state index < -0.39 is 0 Å². The fourth-order valence-corrected chi connectivity index (χ4v) is 1.73. The van der Waals surface area contributed by atoms with Gasteiger partial charge in [0.2, 0.25) is 0 Å². The highest BCUT2D eigenvalue weighted by atomic mass is 19.1. The van der Waals surface area contributed by atoms with Gasteiger partial charge in [-0.3, -0.25) is 0 Å². The van der Waals surface area contributed by atoms with Crippen molar-refractivity contribution in [3.05, 3.63) is 41.1 Å². The highest BCUT2D eigenvalue weighted by Gasteiger charge is 2.27. The lowest BCUT2D eigenvalue weighted by Gasteiger charge is -2.13. The minimum atomic E-state index is -0.225. The average Bonchev–Trinajstić information content (AvgIpc) is 3.00. The van der Waals surface area contributed by atoms with Gasteiger partial charge in [0.25, 0.3) is 0 Å². The second-order valence-electron chi connectivity index (χ2n) is 3.94. The Balaban J connectivity index is 2.37. The lowest BCUT2D eigenvalue weighted by Crippen LogP contribution is -2.04. The van der Waals surface area contributed by atoms with E-state index in [0.29, 0.717) is 5.92 Å². The summed E-state index contributed by atoms with van der Waals surface area (Å²) in [5.74, 6) is 1.22. The minimum Gasteiger partial charge on any atom is -0.395 e. The van der Waals surface area contributed by atoms with Crippen LogP contribution in [-0.4, -0.2) is 11.7 Å². The molecule has 1 fully saturated rings. The number of hydrogen-bond acceptors (Lipinski definition) is 1. The van der Waals surface area contributed by atoms with Crippen molar-refractivity contribution in [3.63, 3.8) is 0 Å². The summed E-state index contributed by atoms with van der Waals surface area (Å²) in [7, 11) is 0. The Labute approximate surface area is 83.6 Å². The minimum absolute atomic E-state index is 0.00315. The quantitative estimate of drug-likeness (QED) is 0.782. The fraction of sp³-hybridized carbons (Fsp3) is 0.417. The first-order chi connectivity index (χ1) is 6.72. The summed E-state index contributed by atoms with van der Waals surface area (Å²) in [4.78, 5) is 0. The Morgan fingerprint density at radius 3 is 2.79 bits per heavy atom. The summed E-state index contributed by atoms with van der Waals surface area (Å²) in [6, 6.07) is 4.88. The van der Waals surface area contributed by atoms with Crippen LogP contribution in [0.25, 0.3) is 0 Å². The van der Waals surface area contributed by atoms with E-state index in [1.807, 2.05) is 13.0 Å². The molecule has 1 aliphatic carbocycles. The molecule has 0 spiro atoms. The normalized spacial score (nSPS) is 16.3. The van der Waals surface area contributed by atoms with Crippen molar-refractivity contribution in [1.82, 2.24) is 0 Å². The van der Waals surface area contributed by atoms with Gasteiger partial charge in [0.15, 0.2) is 0 Å². The molecule has 0 aromatic heterocycles. The smallest absolute Gasteiger partial charge is 0.123 e. The van der Waals surface area contributed by atoms with Gasteiger partial charge < -0.3 is 5.11 Å². The van der Waals surface area contributed by atoms with E-state index in [9.17, 15) is 4.39 Å². The monoisotopic (exact) mass is 193 g/mol. The van der Waals surface area contributed by atoms with Gasteiger partial charge in [-0.15, -0.1) is 0 Å². The van der Waals surface area contributed by atoms with Crippen molar-refractivity contribution < 1.29 is 9.50 Å². The van der Waals surface area contributed by atoms with Gasteiger partial charge in [0.1, 0.15) is 5.82 Å². The second-order valence-corrected chi connectivity index (χ2v) is 3.94. The molecule has 2 rings (SSSR count). The van der Waals surface area contributed by atoms with Gasteiger partial charge in [-0.25, -0.2) is 4.39 Å². The molecule has 1 aromatic rings. The third kappa shape index (κ3) is 1.80. The van der Waals surface area contributed by atoms with Gasteiger partial charge >= 0.3 is 0 Å². The van der Waals surface area contributed by atoms with Crippen molar-refractivity contribution >= 4 is 0 Å². The van der Waals surface area contributed by atoms with Crippen molar-refractivity contribution in [2.24, 2.45) is 0 Å². The second kappa shape index (κ2) is 3.70. The predicted octanol–water partition coefficient (Wildman–Crippen LogP) is 2.64. The van der Waals surface area contributed by atoms with Gasteiger partial charge in [0.05, 0.1) is 6.61 Å². The van der Waals surface area contributed by atoms with Crippen molar-refractivity contribution in [2.45, 2.75) is 25.7 Å². The Bertz CT molecular complexity index is 331. The molecule has 0 amide bonds. The first-order valence-electron chi connectivity index (χ1n) is 4.95. The molecule has 1 saturated carbocycles. The summed E-state index contributed by atoms with van der Waals surface area (Å²) in [5.41, 5.74) is 2.09. The molecule has 0 heterocycles. The molecule has 0 bridgehead atoms. The molecule has 14 heavy (non-hydrogen) atoms. The van der Waals surface area contributed by atoms with E-state index in [-0.39, 0.29) is 12.4 Å². The molecule has 1 radical (unpaired) electrons. The van der Waals surface area contributed by atoms with Crippen LogP contribution in [-0.2, 0) is 0 Å². The molecule has 2 heteroatoms. The number of rotatable bonds is 3. The largest absolute Gasteiger partial charge is 0.395 e. The van der Waals surface area contributed by atoms with E-state index in [1.165, 1.54) is 30.5 Å². The van der Waals surface area contributed by atoms with Gasteiger partial charge in [-0.1, -0.05) is 13.0 Å². The molecule has 0 unspecified atom stereocenters. The molecule has 0 saturated heterocycles. The lowest BCUT2D eigenvalue weighted by atomic mass is 9.93. The van der Waals surface area contributed by atoms with Crippen LogP contribution >= 0.6 is 0 Å². The molecule has 1 nitrogen and oxygen atoms in total. The number of hydrogen-bond donors (Lipinski definition) is 1. The van der Waals surface area contributed by atoms with Crippen LogP contribution < -0.4 is 0 Å². The topological polar surface area (TPSA) is 20.2 Å². The Hall–Kier alpha value is -0.890. The molecule has 1 aliphatic rings. The van der Waals surface area contributed by atoms with Gasteiger partial charge in [0, 0.05) is 5.92 Å². The SMILES string of the molecule is C[C](CO)c1cc(F)ccc1C1CC1. The van der Waals surface area contributed by atoms with Crippen LogP contribution in [0.1, 0.15) is 36.8 Å². The average molecular weight is 193 g/mol. The maximum absolute atomic E-state index is 13.0. The van der Waals surface area contributed by atoms with Crippen LogP contribution in [0.5, 0.6) is 0 Å². The molecule has 0 atom stereocenters. The van der Waals surface area contributed by atoms with Crippen LogP contribution in [0.4, 0.5) is 4.39 Å². The zero-order chi connectivity index (χ0) is 10.1. The molecule has 1 N–H and O–H groups in total. The van der Waals surface area contributed by atoms with E-state index in [2.05, 4.69) is 0 Å². The van der Waals surface area contributed by atoms with Crippen molar-refractivity contribution in [2.75, 3.05) is 6.61 Å². The van der Waals surface area contributed by atoms with E-state index in [4.69, 9.17) is 5.11 Å². The molecule has 0 aliphatic heterocycles. The maximum atomic E-state index is 13.0. The Kier molecular flexibility index (Phi) is 2.55. The Morgan fingerprint density at radius 1 is 1.50 bits per heavy atom. The zero-order valence-corrected chi connectivity index (χ0v) is 8.26. The number of halogens is 1. The summed E-state index contributed by atoms with van der Waals surface area (Å²) < 4.78 is 13.0. The molecular formula is C12H14FO. The molecular weight excluding hydrogens is 179 g/mol. The third-order valence-corrected chi connectivity index (χ3v) is 2.73. The summed E-state index contributed by atoms with van der Waals surface area (Å²) >= 11 is 0. The molecule has 75 valence electrons. The first-order valence-corrected chi connectivity index (χ1v) is 4.95. The zero-order valence-electron chi connectivity index (χ0n) is 8.26. The molecule has 1 aromatic carbocycles. The van der Waals surface area contributed by atoms with Crippen LogP contribution in [0.2, 0.25) is 0 Å². The summed E-state index contributed by atoms with van der Waals surface area (Å²) in [5, 5.41) is 9.05. The maximum Gasteiger partial charge on any atom is 0.123 e. The third-order valence-electron chi connectivity index (χ3n) is 2.73.